The Balaban J connectivity index is 2.01. The molecule has 2 atom stereocenters. The molecule has 2 unspecified atom stereocenters. The number of methoxy groups -OCH3 is 1. The molecule has 0 bridgehead atoms. The summed E-state index contributed by atoms with van der Waals surface area (Å²) in [7, 11) is 1.66. The normalized spacial score (nSPS) is 18.2. The predicted octanol–water partition coefficient (Wildman–Crippen LogP) is 4.34. The molecule has 26 heavy (non-hydrogen) atoms. The maximum absolute atomic E-state index is 11.9. The third-order valence-electron chi connectivity index (χ3n) is 5.46. The van der Waals surface area contributed by atoms with Crippen molar-refractivity contribution in [3.63, 3.8) is 0 Å². The van der Waals surface area contributed by atoms with E-state index in [1.54, 1.807) is 7.11 Å². The van der Waals surface area contributed by atoms with Gasteiger partial charge in [-0.2, -0.15) is 0 Å². The first kappa shape index (κ1) is 18.7. The number of likely N-dealkylation sites (tertiary alicyclic amines) is 1. The van der Waals surface area contributed by atoms with Gasteiger partial charge in [0.15, 0.2) is 0 Å². The van der Waals surface area contributed by atoms with Crippen LogP contribution in [-0.4, -0.2) is 36.8 Å². The van der Waals surface area contributed by atoms with Crippen molar-refractivity contribution >= 4 is 0 Å². The Hall–Kier alpha value is -2.10. The highest BCUT2D eigenvalue weighted by atomic mass is 16.5. The summed E-state index contributed by atoms with van der Waals surface area (Å²) in [5.41, 5.74) is 1.07. The molecule has 0 radical (unpaired) electrons. The SMILES string of the molecule is C=CCC(O)(c1ccc(OC)cc1)C(CN1CCCC1)c1ccccc1. The minimum Gasteiger partial charge on any atom is -0.497 e. The number of hydrogen-bond acceptors (Lipinski definition) is 3. The molecule has 1 saturated heterocycles. The van der Waals surface area contributed by atoms with Crippen LogP contribution in [0.25, 0.3) is 0 Å². The topological polar surface area (TPSA) is 32.7 Å². The van der Waals surface area contributed by atoms with Crippen LogP contribution >= 0.6 is 0 Å². The van der Waals surface area contributed by atoms with Gasteiger partial charge in [-0.1, -0.05) is 48.5 Å². The fourth-order valence-electron chi connectivity index (χ4n) is 4.00. The van der Waals surface area contributed by atoms with E-state index in [4.69, 9.17) is 4.74 Å². The number of benzene rings is 2. The lowest BCUT2D eigenvalue weighted by Gasteiger charge is -2.39. The molecule has 3 heteroatoms. The molecule has 3 nitrogen and oxygen atoms in total. The largest absolute Gasteiger partial charge is 0.497 e. The summed E-state index contributed by atoms with van der Waals surface area (Å²) in [4.78, 5) is 2.47. The van der Waals surface area contributed by atoms with Crippen molar-refractivity contribution in [2.45, 2.75) is 30.8 Å². The lowest BCUT2D eigenvalue weighted by atomic mass is 9.75. The highest BCUT2D eigenvalue weighted by Crippen LogP contribution is 2.41. The van der Waals surface area contributed by atoms with Crippen molar-refractivity contribution in [1.29, 1.82) is 0 Å². The molecule has 1 heterocycles. The number of ether oxygens (including phenoxy) is 1. The molecule has 138 valence electrons. The van der Waals surface area contributed by atoms with E-state index in [2.05, 4.69) is 35.7 Å². The molecule has 3 rings (SSSR count). The molecule has 1 aliphatic rings. The molecule has 0 aliphatic carbocycles. The molecule has 0 aromatic heterocycles. The van der Waals surface area contributed by atoms with E-state index in [1.165, 1.54) is 18.4 Å². The smallest absolute Gasteiger partial charge is 0.118 e. The standard InChI is InChI=1S/C23H29NO2/c1-3-15-23(25,20-11-13-21(26-2)14-12-20)22(18-24-16-7-8-17-24)19-9-5-4-6-10-19/h3-6,9-14,22,25H,1,7-8,15-18H2,2H3. The summed E-state index contributed by atoms with van der Waals surface area (Å²) in [5, 5.41) is 11.9. The van der Waals surface area contributed by atoms with Gasteiger partial charge in [0.25, 0.3) is 0 Å². The van der Waals surface area contributed by atoms with Gasteiger partial charge in [0.1, 0.15) is 11.4 Å². The molecule has 1 aliphatic heterocycles. The van der Waals surface area contributed by atoms with Gasteiger partial charge in [0.05, 0.1) is 7.11 Å². The van der Waals surface area contributed by atoms with Crippen LogP contribution < -0.4 is 4.74 Å². The second-order valence-electron chi connectivity index (χ2n) is 7.12. The van der Waals surface area contributed by atoms with Crippen molar-refractivity contribution in [1.82, 2.24) is 4.90 Å². The average molecular weight is 351 g/mol. The van der Waals surface area contributed by atoms with Gasteiger partial charge in [-0.05, 0) is 55.6 Å². The van der Waals surface area contributed by atoms with E-state index in [-0.39, 0.29) is 5.92 Å². The molecular formula is C23H29NO2. The monoisotopic (exact) mass is 351 g/mol. The van der Waals surface area contributed by atoms with E-state index in [9.17, 15) is 5.11 Å². The zero-order valence-corrected chi connectivity index (χ0v) is 15.6. The Morgan fingerprint density at radius 1 is 1.12 bits per heavy atom. The van der Waals surface area contributed by atoms with Crippen LogP contribution in [-0.2, 0) is 5.60 Å². The Kier molecular flexibility index (Phi) is 6.12. The summed E-state index contributed by atoms with van der Waals surface area (Å²) in [6.45, 7) is 6.98. The molecule has 1 N–H and O–H groups in total. The van der Waals surface area contributed by atoms with Crippen LogP contribution in [0.5, 0.6) is 5.75 Å². The van der Waals surface area contributed by atoms with E-state index < -0.39 is 5.60 Å². The first-order valence-corrected chi connectivity index (χ1v) is 9.42. The Labute approximate surface area is 156 Å². The van der Waals surface area contributed by atoms with Crippen LogP contribution in [0.3, 0.4) is 0 Å². The lowest BCUT2D eigenvalue weighted by Crippen LogP contribution is -2.40. The van der Waals surface area contributed by atoms with E-state index in [0.29, 0.717) is 6.42 Å². The third-order valence-corrected chi connectivity index (χ3v) is 5.46. The van der Waals surface area contributed by atoms with E-state index in [1.807, 2.05) is 36.4 Å². The van der Waals surface area contributed by atoms with Gasteiger partial charge < -0.3 is 14.7 Å². The lowest BCUT2D eigenvalue weighted by molar-refractivity contribution is -0.000360. The molecule has 2 aromatic carbocycles. The fraction of sp³-hybridized carbons (Fsp3) is 0.391. The highest BCUT2D eigenvalue weighted by molar-refractivity contribution is 5.36. The van der Waals surface area contributed by atoms with E-state index >= 15 is 0 Å². The van der Waals surface area contributed by atoms with Crippen molar-refractivity contribution in [2.24, 2.45) is 0 Å². The summed E-state index contributed by atoms with van der Waals surface area (Å²) in [6.07, 6.45) is 4.81. The first-order chi connectivity index (χ1) is 12.7. The number of rotatable bonds is 8. The van der Waals surface area contributed by atoms with Crippen molar-refractivity contribution in [3.8, 4) is 5.75 Å². The van der Waals surface area contributed by atoms with Crippen LogP contribution in [0.1, 0.15) is 36.3 Å². The maximum atomic E-state index is 11.9. The second-order valence-corrected chi connectivity index (χ2v) is 7.12. The van der Waals surface area contributed by atoms with Crippen molar-refractivity contribution in [3.05, 3.63) is 78.4 Å². The predicted molar refractivity (Wildman–Crippen MR) is 107 cm³/mol. The average Bonchev–Trinajstić information content (AvgIpc) is 3.20. The van der Waals surface area contributed by atoms with Crippen LogP contribution in [0.15, 0.2) is 67.3 Å². The summed E-state index contributed by atoms with van der Waals surface area (Å²) in [6, 6.07) is 18.2. The molecule has 0 amide bonds. The Bertz CT molecular complexity index is 692. The summed E-state index contributed by atoms with van der Waals surface area (Å²) < 4.78 is 5.28. The van der Waals surface area contributed by atoms with E-state index in [0.717, 1.165) is 30.9 Å². The van der Waals surface area contributed by atoms with Gasteiger partial charge >= 0.3 is 0 Å². The van der Waals surface area contributed by atoms with Crippen molar-refractivity contribution < 1.29 is 9.84 Å². The highest BCUT2D eigenvalue weighted by Gasteiger charge is 2.39. The summed E-state index contributed by atoms with van der Waals surface area (Å²) in [5.74, 6) is 0.777. The molecular weight excluding hydrogens is 322 g/mol. The molecule has 0 saturated carbocycles. The minimum atomic E-state index is -1.00. The molecule has 0 spiro atoms. The molecule has 2 aromatic rings. The Morgan fingerprint density at radius 3 is 2.35 bits per heavy atom. The Morgan fingerprint density at radius 2 is 1.77 bits per heavy atom. The van der Waals surface area contributed by atoms with Gasteiger partial charge in [-0.15, -0.1) is 6.58 Å². The first-order valence-electron chi connectivity index (χ1n) is 9.42. The van der Waals surface area contributed by atoms with Crippen LogP contribution in [0.4, 0.5) is 0 Å². The summed E-state index contributed by atoms with van der Waals surface area (Å²) >= 11 is 0. The van der Waals surface area contributed by atoms with Gasteiger partial charge in [-0.3, -0.25) is 0 Å². The van der Waals surface area contributed by atoms with Gasteiger partial charge in [0, 0.05) is 12.5 Å². The number of aliphatic hydroxyl groups is 1. The van der Waals surface area contributed by atoms with Crippen LogP contribution in [0, 0.1) is 0 Å². The van der Waals surface area contributed by atoms with Gasteiger partial charge in [-0.25, -0.2) is 0 Å². The number of nitrogens with zero attached hydrogens (tertiary/aromatic N) is 1. The third kappa shape index (κ3) is 4.00. The zero-order valence-electron chi connectivity index (χ0n) is 15.6. The number of hydrogen-bond donors (Lipinski definition) is 1. The maximum Gasteiger partial charge on any atom is 0.118 e. The van der Waals surface area contributed by atoms with Gasteiger partial charge in [0.2, 0.25) is 0 Å². The van der Waals surface area contributed by atoms with Crippen molar-refractivity contribution in [2.75, 3.05) is 26.7 Å². The minimum absolute atomic E-state index is 0.0202. The second kappa shape index (κ2) is 8.52. The zero-order chi connectivity index (χ0) is 18.4. The fourth-order valence-corrected chi connectivity index (χ4v) is 4.00. The van der Waals surface area contributed by atoms with Crippen LogP contribution in [0.2, 0.25) is 0 Å². The molecule has 1 fully saturated rings. The quantitative estimate of drug-likeness (QED) is 0.718.